The van der Waals surface area contributed by atoms with Crippen molar-refractivity contribution in [3.63, 3.8) is 0 Å². The Balaban J connectivity index is 2.30. The normalized spacial score (nSPS) is 10.6. The van der Waals surface area contributed by atoms with E-state index in [2.05, 4.69) is 5.43 Å². The summed E-state index contributed by atoms with van der Waals surface area (Å²) in [6, 6.07) is 3.81. The maximum absolute atomic E-state index is 11.3. The van der Waals surface area contributed by atoms with Gasteiger partial charge in [0.15, 0.2) is 0 Å². The number of hydrogen-bond acceptors (Lipinski definition) is 3. The smallest absolute Gasteiger partial charge is 0.234 e. The second kappa shape index (κ2) is 5.34. The van der Waals surface area contributed by atoms with E-state index in [9.17, 15) is 4.79 Å². The summed E-state index contributed by atoms with van der Waals surface area (Å²) in [5.41, 5.74) is 2.69. The lowest BCUT2D eigenvalue weighted by Crippen LogP contribution is -2.36. The number of halogens is 1. The van der Waals surface area contributed by atoms with Gasteiger partial charge < -0.3 is 0 Å². The molecule has 0 fully saturated rings. The average Bonchev–Trinajstić information content (AvgIpc) is 2.47. The molecule has 0 aliphatic heterocycles. The molecule has 0 aliphatic rings. The molecule has 14 heavy (non-hydrogen) atoms. The van der Waals surface area contributed by atoms with E-state index in [1.807, 2.05) is 12.1 Å². The van der Waals surface area contributed by atoms with Gasteiger partial charge in [-0.3, -0.25) is 10.2 Å². The van der Waals surface area contributed by atoms with Crippen LogP contribution in [0, 0.1) is 0 Å². The van der Waals surface area contributed by atoms with Crippen LogP contribution in [0.25, 0.3) is 0 Å². The summed E-state index contributed by atoms with van der Waals surface area (Å²) >= 11 is 7.29. The number of nitrogens with zero attached hydrogens (tertiary/aromatic N) is 1. The largest absolute Gasteiger partial charge is 0.289 e. The fraction of sp³-hybridized carbons (Fsp3) is 0.444. The first-order chi connectivity index (χ1) is 6.58. The topological polar surface area (TPSA) is 32.3 Å². The standard InChI is InChI=1S/C9H13ClN2OS/c1-12(2)11-9(13)6-4-7-3-5-8(10)14-7/h3,5H,4,6H2,1-2H3,(H,11,13). The molecule has 0 atom stereocenters. The summed E-state index contributed by atoms with van der Waals surface area (Å²) in [7, 11) is 3.58. The zero-order valence-corrected chi connectivity index (χ0v) is 9.78. The van der Waals surface area contributed by atoms with Crippen molar-refractivity contribution in [1.82, 2.24) is 10.4 Å². The van der Waals surface area contributed by atoms with E-state index in [1.54, 1.807) is 19.1 Å². The Morgan fingerprint density at radius 2 is 2.29 bits per heavy atom. The van der Waals surface area contributed by atoms with Gasteiger partial charge >= 0.3 is 0 Å². The van der Waals surface area contributed by atoms with Crippen molar-refractivity contribution < 1.29 is 4.79 Å². The van der Waals surface area contributed by atoms with Gasteiger partial charge in [0.2, 0.25) is 5.91 Å². The number of hydrogen-bond donors (Lipinski definition) is 1. The second-order valence-electron chi connectivity index (χ2n) is 3.14. The molecule has 0 spiro atoms. The third kappa shape index (κ3) is 4.09. The minimum atomic E-state index is 0.0273. The molecule has 0 unspecified atom stereocenters. The van der Waals surface area contributed by atoms with Crippen LogP contribution in [0.4, 0.5) is 0 Å². The van der Waals surface area contributed by atoms with Crippen LogP contribution in [0.1, 0.15) is 11.3 Å². The molecule has 1 rings (SSSR count). The molecule has 0 aliphatic carbocycles. The van der Waals surface area contributed by atoms with Crippen LogP contribution in [0.5, 0.6) is 0 Å². The fourth-order valence-electron chi connectivity index (χ4n) is 1.03. The molecule has 1 heterocycles. The molecule has 0 radical (unpaired) electrons. The summed E-state index contributed by atoms with van der Waals surface area (Å²) in [5.74, 6) is 0.0273. The molecule has 0 bridgehead atoms. The van der Waals surface area contributed by atoms with Crippen LogP contribution in [-0.4, -0.2) is 25.0 Å². The van der Waals surface area contributed by atoms with Crippen LogP contribution in [0.3, 0.4) is 0 Å². The molecular weight excluding hydrogens is 220 g/mol. The minimum Gasteiger partial charge on any atom is -0.289 e. The van der Waals surface area contributed by atoms with Crippen molar-refractivity contribution in [3.8, 4) is 0 Å². The van der Waals surface area contributed by atoms with Crippen molar-refractivity contribution in [2.45, 2.75) is 12.8 Å². The first-order valence-corrected chi connectivity index (χ1v) is 5.48. The van der Waals surface area contributed by atoms with E-state index in [4.69, 9.17) is 11.6 Å². The van der Waals surface area contributed by atoms with Crippen LogP contribution in [0.15, 0.2) is 12.1 Å². The Hall–Kier alpha value is -0.580. The van der Waals surface area contributed by atoms with Crippen molar-refractivity contribution in [2.24, 2.45) is 0 Å². The van der Waals surface area contributed by atoms with Crippen LogP contribution in [-0.2, 0) is 11.2 Å². The molecule has 5 heteroatoms. The van der Waals surface area contributed by atoms with Gasteiger partial charge in [0.1, 0.15) is 0 Å². The molecule has 1 amide bonds. The maximum Gasteiger partial charge on any atom is 0.234 e. The minimum absolute atomic E-state index is 0.0273. The van der Waals surface area contributed by atoms with Crippen molar-refractivity contribution in [3.05, 3.63) is 21.3 Å². The Bertz CT molecular complexity index is 312. The van der Waals surface area contributed by atoms with E-state index < -0.39 is 0 Å². The van der Waals surface area contributed by atoms with Gasteiger partial charge in [-0.05, 0) is 18.6 Å². The molecule has 1 aromatic heterocycles. The Morgan fingerprint density at radius 1 is 1.57 bits per heavy atom. The van der Waals surface area contributed by atoms with Crippen molar-refractivity contribution in [1.29, 1.82) is 0 Å². The lowest BCUT2D eigenvalue weighted by atomic mass is 10.2. The third-order valence-corrected chi connectivity index (χ3v) is 2.87. The predicted molar refractivity (Wildman–Crippen MR) is 59.5 cm³/mol. The molecule has 3 nitrogen and oxygen atoms in total. The third-order valence-electron chi connectivity index (χ3n) is 1.58. The molecule has 1 aromatic rings. The van der Waals surface area contributed by atoms with E-state index in [1.165, 1.54) is 11.3 Å². The van der Waals surface area contributed by atoms with Gasteiger partial charge in [-0.25, -0.2) is 5.01 Å². The quantitative estimate of drug-likeness (QED) is 0.805. The summed E-state index contributed by atoms with van der Waals surface area (Å²) in [6.45, 7) is 0. The highest BCUT2D eigenvalue weighted by Gasteiger charge is 2.04. The number of amides is 1. The predicted octanol–water partition coefficient (Wildman–Crippen LogP) is 1.93. The van der Waals surface area contributed by atoms with E-state index in [-0.39, 0.29) is 5.91 Å². The fourth-order valence-corrected chi connectivity index (χ4v) is 2.12. The molecule has 0 saturated heterocycles. The summed E-state index contributed by atoms with van der Waals surface area (Å²) in [4.78, 5) is 12.4. The van der Waals surface area contributed by atoms with Gasteiger partial charge in [0.05, 0.1) is 4.34 Å². The van der Waals surface area contributed by atoms with E-state index >= 15 is 0 Å². The number of thiophene rings is 1. The Kier molecular flexibility index (Phi) is 4.38. The molecule has 78 valence electrons. The second-order valence-corrected chi connectivity index (χ2v) is 4.93. The number of hydrazine groups is 1. The highest BCUT2D eigenvalue weighted by Crippen LogP contribution is 2.22. The first-order valence-electron chi connectivity index (χ1n) is 4.29. The molecule has 0 saturated carbocycles. The van der Waals surface area contributed by atoms with Gasteiger partial charge in [-0.1, -0.05) is 11.6 Å². The average molecular weight is 233 g/mol. The Labute approximate surface area is 92.6 Å². The summed E-state index contributed by atoms with van der Waals surface area (Å²) in [6.07, 6.45) is 1.24. The van der Waals surface area contributed by atoms with Gasteiger partial charge in [0, 0.05) is 25.4 Å². The lowest BCUT2D eigenvalue weighted by molar-refractivity contribution is -0.124. The highest BCUT2D eigenvalue weighted by atomic mass is 35.5. The van der Waals surface area contributed by atoms with Crippen LogP contribution >= 0.6 is 22.9 Å². The number of nitrogens with one attached hydrogen (secondary N) is 1. The van der Waals surface area contributed by atoms with Crippen molar-refractivity contribution >= 4 is 28.8 Å². The SMILES string of the molecule is CN(C)NC(=O)CCc1ccc(Cl)s1. The monoisotopic (exact) mass is 232 g/mol. The van der Waals surface area contributed by atoms with Crippen LogP contribution < -0.4 is 5.43 Å². The number of aryl methyl sites for hydroxylation is 1. The van der Waals surface area contributed by atoms with Crippen LogP contribution in [0.2, 0.25) is 4.34 Å². The molecule has 0 aromatic carbocycles. The summed E-state index contributed by atoms with van der Waals surface area (Å²) < 4.78 is 0.771. The van der Waals surface area contributed by atoms with Gasteiger partial charge in [-0.2, -0.15) is 0 Å². The number of rotatable bonds is 4. The van der Waals surface area contributed by atoms with E-state index in [0.717, 1.165) is 15.6 Å². The molecule has 1 N–H and O–H groups in total. The van der Waals surface area contributed by atoms with E-state index in [0.29, 0.717) is 6.42 Å². The summed E-state index contributed by atoms with van der Waals surface area (Å²) in [5, 5.41) is 1.64. The highest BCUT2D eigenvalue weighted by molar-refractivity contribution is 7.16. The van der Waals surface area contributed by atoms with Gasteiger partial charge in [-0.15, -0.1) is 11.3 Å². The number of carbonyl (C=O) groups is 1. The zero-order chi connectivity index (χ0) is 10.6. The zero-order valence-electron chi connectivity index (χ0n) is 8.21. The maximum atomic E-state index is 11.3. The number of carbonyl (C=O) groups excluding carboxylic acids is 1. The Morgan fingerprint density at radius 3 is 2.79 bits per heavy atom. The molecular formula is C9H13ClN2OS. The van der Waals surface area contributed by atoms with Gasteiger partial charge in [0.25, 0.3) is 0 Å². The first kappa shape index (κ1) is 11.5. The van der Waals surface area contributed by atoms with Crippen molar-refractivity contribution in [2.75, 3.05) is 14.1 Å². The lowest BCUT2D eigenvalue weighted by Gasteiger charge is -2.10.